The van der Waals surface area contributed by atoms with Crippen LogP contribution in [0.2, 0.25) is 5.02 Å². The van der Waals surface area contributed by atoms with E-state index in [9.17, 15) is 22.0 Å². The van der Waals surface area contributed by atoms with Crippen molar-refractivity contribution in [1.82, 2.24) is 23.8 Å². The lowest BCUT2D eigenvalue weighted by Gasteiger charge is -2.33. The Labute approximate surface area is 208 Å². The van der Waals surface area contributed by atoms with Gasteiger partial charge in [-0.2, -0.15) is 13.9 Å². The average Bonchev–Trinajstić information content (AvgIpc) is 3.26. The van der Waals surface area contributed by atoms with E-state index in [4.69, 9.17) is 11.6 Å². The van der Waals surface area contributed by atoms with E-state index in [1.54, 1.807) is 6.07 Å². The van der Waals surface area contributed by atoms with Gasteiger partial charge in [0.15, 0.2) is 11.6 Å². The minimum absolute atomic E-state index is 0.166. The molecule has 0 aliphatic carbocycles. The number of benzene rings is 2. The van der Waals surface area contributed by atoms with Crippen molar-refractivity contribution in [1.29, 1.82) is 0 Å². The summed E-state index contributed by atoms with van der Waals surface area (Å²) in [7, 11) is -3.95. The highest BCUT2D eigenvalue weighted by atomic mass is 35.5. The predicted octanol–water partition coefficient (Wildman–Crippen LogP) is 3.26. The molecule has 0 bridgehead atoms. The summed E-state index contributed by atoms with van der Waals surface area (Å²) in [4.78, 5) is 19.3. The number of nitrogens with zero attached hydrogens (tertiary/aromatic N) is 5. The third-order valence-electron chi connectivity index (χ3n) is 5.65. The summed E-state index contributed by atoms with van der Waals surface area (Å²) in [6.07, 6.45) is 0. The zero-order valence-corrected chi connectivity index (χ0v) is 20.5. The van der Waals surface area contributed by atoms with Crippen LogP contribution >= 0.6 is 22.9 Å². The van der Waals surface area contributed by atoms with Crippen LogP contribution in [0.25, 0.3) is 15.5 Å². The van der Waals surface area contributed by atoms with Crippen LogP contribution in [-0.4, -0.2) is 58.4 Å². The van der Waals surface area contributed by atoms with Crippen LogP contribution in [0.15, 0.2) is 58.2 Å². The van der Waals surface area contributed by atoms with E-state index in [0.29, 0.717) is 51.9 Å². The van der Waals surface area contributed by atoms with Crippen LogP contribution in [0, 0.1) is 11.6 Å². The van der Waals surface area contributed by atoms with E-state index in [1.165, 1.54) is 26.2 Å². The molecule has 0 amide bonds. The zero-order valence-electron chi connectivity index (χ0n) is 18.1. The Morgan fingerprint density at radius 2 is 1.74 bits per heavy atom. The second kappa shape index (κ2) is 9.36. The fraction of sp³-hybridized carbons (Fsp3) is 0.227. The lowest BCUT2D eigenvalue weighted by atomic mass is 10.2. The van der Waals surface area contributed by atoms with Gasteiger partial charge in [0, 0.05) is 44.4 Å². The van der Waals surface area contributed by atoms with Gasteiger partial charge in [-0.25, -0.2) is 22.2 Å². The topological polar surface area (TPSA) is 87.9 Å². The molecule has 1 aliphatic rings. The average molecular weight is 538 g/mol. The highest BCUT2D eigenvalue weighted by Crippen LogP contribution is 2.30. The van der Waals surface area contributed by atoms with E-state index in [2.05, 4.69) is 10.1 Å². The van der Waals surface area contributed by atoms with Crippen LogP contribution in [0.1, 0.15) is 5.69 Å². The van der Waals surface area contributed by atoms with Crippen molar-refractivity contribution in [3.05, 3.63) is 81.2 Å². The Bertz CT molecular complexity index is 1580. The maximum atomic E-state index is 13.5. The van der Waals surface area contributed by atoms with Crippen LogP contribution in [0.3, 0.4) is 0 Å². The quantitative estimate of drug-likeness (QED) is 0.388. The van der Waals surface area contributed by atoms with Gasteiger partial charge >= 0.3 is 0 Å². The first-order valence-corrected chi connectivity index (χ1v) is 13.2. The van der Waals surface area contributed by atoms with Gasteiger partial charge in [0.05, 0.1) is 15.6 Å². The highest BCUT2D eigenvalue weighted by Gasteiger charge is 2.29. The Morgan fingerprint density at radius 1 is 1.00 bits per heavy atom. The molecule has 2 aromatic carbocycles. The first-order valence-electron chi connectivity index (χ1n) is 10.5. The number of halogens is 3. The Balaban J connectivity index is 1.30. The number of hydrogen-bond acceptors (Lipinski definition) is 7. The standard InChI is InChI=1S/C22H18ClF2N5O3S2/c23-17-4-2-1-3-16(17)21-27-30-20(31)11-14(26-22(30)34-21)13-28-7-9-29(10-8-28)35(32,33)15-5-6-18(24)19(25)12-15/h1-6,11-12H,7-10,13H2. The zero-order chi connectivity index (χ0) is 24.7. The number of aromatic nitrogens is 3. The molecule has 5 rings (SSSR count). The minimum atomic E-state index is -3.95. The SMILES string of the molecule is O=c1cc(CN2CCN(S(=O)(=O)c3ccc(F)c(F)c3)CC2)nc2sc(-c3ccccc3Cl)nn12. The van der Waals surface area contributed by atoms with E-state index >= 15 is 0 Å². The minimum Gasteiger partial charge on any atom is -0.295 e. The number of rotatable bonds is 5. The van der Waals surface area contributed by atoms with Gasteiger partial charge in [-0.15, -0.1) is 0 Å². The highest BCUT2D eigenvalue weighted by molar-refractivity contribution is 7.89. The maximum Gasteiger partial charge on any atom is 0.275 e. The van der Waals surface area contributed by atoms with Gasteiger partial charge in [-0.1, -0.05) is 41.1 Å². The first kappa shape index (κ1) is 23.9. The Hall–Kier alpha value is -2.77. The molecule has 8 nitrogen and oxygen atoms in total. The number of piperazine rings is 1. The monoisotopic (exact) mass is 537 g/mol. The van der Waals surface area contributed by atoms with E-state index in [-0.39, 0.29) is 23.5 Å². The third-order valence-corrected chi connectivity index (χ3v) is 8.81. The summed E-state index contributed by atoms with van der Waals surface area (Å²) in [5.74, 6) is -2.31. The van der Waals surface area contributed by atoms with Crippen molar-refractivity contribution in [3.8, 4) is 10.6 Å². The van der Waals surface area contributed by atoms with Gasteiger partial charge in [-0.3, -0.25) is 9.69 Å². The summed E-state index contributed by atoms with van der Waals surface area (Å²) in [6.45, 7) is 1.46. The molecule has 0 saturated carbocycles. The molecular weight excluding hydrogens is 520 g/mol. The Kier molecular flexibility index (Phi) is 6.40. The lowest BCUT2D eigenvalue weighted by molar-refractivity contribution is 0.180. The van der Waals surface area contributed by atoms with Gasteiger partial charge in [0.25, 0.3) is 5.56 Å². The smallest absolute Gasteiger partial charge is 0.275 e. The maximum absolute atomic E-state index is 13.5. The van der Waals surface area contributed by atoms with Crippen LogP contribution in [-0.2, 0) is 16.6 Å². The van der Waals surface area contributed by atoms with Gasteiger partial charge in [-0.05, 0) is 24.3 Å². The number of hydrogen-bond donors (Lipinski definition) is 0. The second-order valence-electron chi connectivity index (χ2n) is 7.92. The molecule has 0 atom stereocenters. The van der Waals surface area contributed by atoms with Crippen molar-refractivity contribution in [2.75, 3.05) is 26.2 Å². The van der Waals surface area contributed by atoms with Crippen LogP contribution < -0.4 is 5.56 Å². The third kappa shape index (κ3) is 4.71. The van der Waals surface area contributed by atoms with Crippen molar-refractivity contribution < 1.29 is 17.2 Å². The van der Waals surface area contributed by atoms with Crippen molar-refractivity contribution in [2.24, 2.45) is 0 Å². The lowest BCUT2D eigenvalue weighted by Crippen LogP contribution is -2.48. The summed E-state index contributed by atoms with van der Waals surface area (Å²) < 4.78 is 54.8. The molecule has 3 heterocycles. The normalized spacial score (nSPS) is 15.6. The number of fused-ring (bicyclic) bond motifs is 1. The van der Waals surface area contributed by atoms with Crippen LogP contribution in [0.5, 0.6) is 0 Å². The summed E-state index contributed by atoms with van der Waals surface area (Å²) >= 11 is 7.51. The summed E-state index contributed by atoms with van der Waals surface area (Å²) in [5.41, 5.74) is 0.935. The predicted molar refractivity (Wildman–Crippen MR) is 128 cm³/mol. The first-order chi connectivity index (χ1) is 16.7. The molecule has 182 valence electrons. The number of sulfonamides is 1. The molecule has 0 N–H and O–H groups in total. The second-order valence-corrected chi connectivity index (χ2v) is 11.2. The molecule has 13 heteroatoms. The molecule has 0 spiro atoms. The van der Waals surface area contributed by atoms with Crippen LogP contribution in [0.4, 0.5) is 8.78 Å². The van der Waals surface area contributed by atoms with E-state index < -0.39 is 21.7 Å². The molecule has 0 unspecified atom stereocenters. The molecule has 1 aliphatic heterocycles. The fourth-order valence-electron chi connectivity index (χ4n) is 3.82. The van der Waals surface area contributed by atoms with Crippen molar-refractivity contribution >= 4 is 37.9 Å². The molecule has 1 saturated heterocycles. The van der Waals surface area contributed by atoms with E-state index in [0.717, 1.165) is 12.1 Å². The van der Waals surface area contributed by atoms with Gasteiger partial charge < -0.3 is 0 Å². The molecule has 0 radical (unpaired) electrons. The summed E-state index contributed by atoms with van der Waals surface area (Å²) in [6, 6.07) is 11.2. The van der Waals surface area contributed by atoms with Gasteiger partial charge in [0.2, 0.25) is 15.0 Å². The molecule has 4 aromatic rings. The molecular formula is C22H18ClF2N5O3S2. The fourth-order valence-corrected chi connectivity index (χ4v) is 6.50. The van der Waals surface area contributed by atoms with Crippen molar-refractivity contribution in [3.63, 3.8) is 0 Å². The summed E-state index contributed by atoms with van der Waals surface area (Å²) in [5, 5.41) is 5.45. The largest absolute Gasteiger partial charge is 0.295 e. The van der Waals surface area contributed by atoms with Gasteiger partial charge in [0.1, 0.15) is 5.01 Å². The van der Waals surface area contributed by atoms with E-state index in [1.807, 2.05) is 23.1 Å². The van der Waals surface area contributed by atoms with Crippen molar-refractivity contribution in [2.45, 2.75) is 11.4 Å². The molecule has 35 heavy (non-hydrogen) atoms. The Morgan fingerprint density at radius 3 is 2.46 bits per heavy atom. The molecule has 1 fully saturated rings. The molecule has 2 aromatic heterocycles.